The Hall–Kier alpha value is -1.59. The van der Waals surface area contributed by atoms with Crippen LogP contribution in [0.3, 0.4) is 0 Å². The third-order valence-corrected chi connectivity index (χ3v) is 3.34. The van der Waals surface area contributed by atoms with Crippen molar-refractivity contribution in [3.05, 3.63) is 28.6 Å². The van der Waals surface area contributed by atoms with Gasteiger partial charge in [-0.2, -0.15) is 4.98 Å². The van der Waals surface area contributed by atoms with Gasteiger partial charge in [-0.1, -0.05) is 6.08 Å². The molecule has 0 spiro atoms. The number of nitrogens with two attached hydrogens (primary N) is 2. The van der Waals surface area contributed by atoms with Gasteiger partial charge in [-0.15, -0.1) is 6.58 Å². The summed E-state index contributed by atoms with van der Waals surface area (Å²) in [6.45, 7) is 7.32. The Bertz CT molecular complexity index is 591. The average Bonchev–Trinajstić information content (AvgIpc) is 2.32. The van der Waals surface area contributed by atoms with E-state index in [1.807, 2.05) is 0 Å². The van der Waals surface area contributed by atoms with Crippen molar-refractivity contribution in [1.29, 1.82) is 0 Å². The van der Waals surface area contributed by atoms with E-state index in [9.17, 15) is 9.36 Å². The fourth-order valence-corrected chi connectivity index (χ4v) is 2.19. The molecule has 8 heteroatoms. The molecule has 1 aromatic heterocycles. The Labute approximate surface area is 118 Å². The Morgan fingerprint density at radius 1 is 1.45 bits per heavy atom. The van der Waals surface area contributed by atoms with Gasteiger partial charge >= 0.3 is 0 Å². The fraction of sp³-hybridized carbons (Fsp3) is 0.500. The molecule has 0 saturated carbocycles. The van der Waals surface area contributed by atoms with Crippen molar-refractivity contribution in [2.45, 2.75) is 13.0 Å². The molecule has 0 fully saturated rings. The summed E-state index contributed by atoms with van der Waals surface area (Å²) in [5, 5.41) is 0. The van der Waals surface area contributed by atoms with E-state index in [-0.39, 0.29) is 36.8 Å². The second kappa shape index (κ2) is 6.72. The van der Waals surface area contributed by atoms with E-state index in [2.05, 4.69) is 11.6 Å². The summed E-state index contributed by atoms with van der Waals surface area (Å²) >= 11 is 0. The van der Waals surface area contributed by atoms with Crippen molar-refractivity contribution in [1.82, 2.24) is 9.55 Å². The minimum absolute atomic E-state index is 0.0418. The predicted molar refractivity (Wildman–Crippen MR) is 81.5 cm³/mol. The van der Waals surface area contributed by atoms with Crippen LogP contribution in [0.25, 0.3) is 0 Å². The zero-order valence-electron chi connectivity index (χ0n) is 11.8. The Morgan fingerprint density at radius 3 is 2.65 bits per heavy atom. The summed E-state index contributed by atoms with van der Waals surface area (Å²) in [5.74, 6) is 0.163. The normalized spacial score (nSPS) is 11.5. The molecule has 0 saturated heterocycles. The summed E-state index contributed by atoms with van der Waals surface area (Å²) < 4.78 is 18.1. The number of hydrogen-bond acceptors (Lipinski definition) is 6. The van der Waals surface area contributed by atoms with E-state index in [1.165, 1.54) is 4.57 Å². The third-order valence-electron chi connectivity index (χ3n) is 2.53. The van der Waals surface area contributed by atoms with Crippen LogP contribution in [0.5, 0.6) is 0 Å². The van der Waals surface area contributed by atoms with Gasteiger partial charge in [0.1, 0.15) is 13.0 Å². The number of allylic oxidation sites excluding steroid dienone is 1. The van der Waals surface area contributed by atoms with Crippen LogP contribution in [0.2, 0.25) is 0 Å². The summed E-state index contributed by atoms with van der Waals surface area (Å²) in [6, 6.07) is 0. The molecule has 0 aliphatic heterocycles. The van der Waals surface area contributed by atoms with Crippen LogP contribution in [0.1, 0.15) is 5.56 Å². The zero-order chi connectivity index (χ0) is 15.3. The minimum Gasteiger partial charge on any atom is -0.383 e. The Morgan fingerprint density at radius 2 is 2.10 bits per heavy atom. The molecule has 112 valence electrons. The molecule has 1 heterocycles. The first kappa shape index (κ1) is 16.5. The number of anilines is 2. The molecule has 0 aliphatic rings. The first-order valence-electron chi connectivity index (χ1n) is 6.13. The highest BCUT2D eigenvalue weighted by Gasteiger charge is 2.12. The van der Waals surface area contributed by atoms with Gasteiger partial charge in [-0.3, -0.25) is 9.36 Å². The number of nitrogens with zero attached hydrogens (tertiary/aromatic N) is 2. The number of hydrogen-bond donors (Lipinski definition) is 2. The monoisotopic (exact) mass is 300 g/mol. The molecule has 0 aliphatic carbocycles. The van der Waals surface area contributed by atoms with E-state index in [0.717, 1.165) is 0 Å². The van der Waals surface area contributed by atoms with Gasteiger partial charge in [0.2, 0.25) is 5.95 Å². The molecule has 0 unspecified atom stereocenters. The molecule has 20 heavy (non-hydrogen) atoms. The van der Waals surface area contributed by atoms with Crippen molar-refractivity contribution < 1.29 is 9.30 Å². The van der Waals surface area contributed by atoms with Crippen LogP contribution in [-0.2, 0) is 22.3 Å². The lowest BCUT2D eigenvalue weighted by atomic mass is 10.2. The first-order chi connectivity index (χ1) is 9.26. The van der Waals surface area contributed by atoms with Gasteiger partial charge < -0.3 is 20.8 Å². The molecular weight excluding hydrogens is 279 g/mol. The van der Waals surface area contributed by atoms with Crippen molar-refractivity contribution >= 4 is 18.9 Å². The van der Waals surface area contributed by atoms with Crippen LogP contribution in [0.15, 0.2) is 17.4 Å². The van der Waals surface area contributed by atoms with Crippen molar-refractivity contribution in [3.63, 3.8) is 0 Å². The third kappa shape index (κ3) is 4.51. The van der Waals surface area contributed by atoms with Crippen molar-refractivity contribution in [2.75, 3.05) is 37.8 Å². The van der Waals surface area contributed by atoms with Crippen LogP contribution >= 0.6 is 7.14 Å². The summed E-state index contributed by atoms with van der Waals surface area (Å²) in [5.41, 5.74) is 11.4. The number of nitrogen functional groups attached to an aromatic ring is 2. The molecule has 0 aromatic carbocycles. The van der Waals surface area contributed by atoms with E-state index >= 15 is 0 Å². The number of ether oxygens (including phenoxy) is 1. The highest BCUT2D eigenvalue weighted by molar-refractivity contribution is 7.62. The first-order valence-corrected chi connectivity index (χ1v) is 8.92. The van der Waals surface area contributed by atoms with Crippen molar-refractivity contribution in [3.8, 4) is 0 Å². The maximum Gasteiger partial charge on any atom is 0.260 e. The highest BCUT2D eigenvalue weighted by atomic mass is 31.2. The lowest BCUT2D eigenvalue weighted by Gasteiger charge is -2.13. The zero-order valence-corrected chi connectivity index (χ0v) is 12.7. The fourth-order valence-electron chi connectivity index (χ4n) is 1.62. The molecule has 0 atom stereocenters. The number of aromatic nitrogens is 2. The van der Waals surface area contributed by atoms with E-state index < -0.39 is 7.14 Å². The standard InChI is InChI=1S/C12H21N4O3P/c1-4-5-9-10(13)15-12(14)16(11(9)17)6-7-19-8-20(2,3)18/h4H,1,5-8,13H2,2-3H3,(H2,14,15). The van der Waals surface area contributed by atoms with Crippen molar-refractivity contribution in [2.24, 2.45) is 0 Å². The minimum atomic E-state index is -2.23. The van der Waals surface area contributed by atoms with Gasteiger partial charge in [0.15, 0.2) is 0 Å². The van der Waals surface area contributed by atoms with Gasteiger partial charge in [-0.25, -0.2) is 0 Å². The second-order valence-corrected chi connectivity index (χ2v) is 8.30. The van der Waals surface area contributed by atoms with E-state index in [1.54, 1.807) is 19.4 Å². The molecular formula is C12H21N4O3P. The van der Waals surface area contributed by atoms with E-state index in [0.29, 0.717) is 12.0 Å². The lowest BCUT2D eigenvalue weighted by molar-refractivity contribution is 0.165. The molecule has 0 amide bonds. The maximum atomic E-state index is 12.2. The lowest BCUT2D eigenvalue weighted by Crippen LogP contribution is -2.30. The average molecular weight is 300 g/mol. The second-order valence-electron chi connectivity index (χ2n) is 4.89. The largest absolute Gasteiger partial charge is 0.383 e. The van der Waals surface area contributed by atoms with Crippen LogP contribution in [0.4, 0.5) is 11.8 Å². The topological polar surface area (TPSA) is 113 Å². The molecule has 0 radical (unpaired) electrons. The predicted octanol–water partition coefficient (Wildman–Crippen LogP) is 0.733. The molecule has 1 aromatic rings. The van der Waals surface area contributed by atoms with Gasteiger partial charge in [0.05, 0.1) is 25.1 Å². The summed E-state index contributed by atoms with van der Waals surface area (Å²) in [4.78, 5) is 16.1. The van der Waals surface area contributed by atoms with Crippen LogP contribution in [0, 0.1) is 0 Å². The smallest absolute Gasteiger partial charge is 0.260 e. The van der Waals surface area contributed by atoms with Crippen LogP contribution in [-0.4, -0.2) is 35.8 Å². The van der Waals surface area contributed by atoms with Gasteiger partial charge in [0, 0.05) is 0 Å². The van der Waals surface area contributed by atoms with Gasteiger partial charge in [-0.05, 0) is 19.8 Å². The summed E-state index contributed by atoms with van der Waals surface area (Å²) in [6.07, 6.45) is 2.08. The highest BCUT2D eigenvalue weighted by Crippen LogP contribution is 2.35. The maximum absolute atomic E-state index is 12.2. The Kier molecular flexibility index (Phi) is 5.53. The number of rotatable bonds is 7. The SMILES string of the molecule is C=CCc1c(N)nc(N)n(CCOCP(C)(C)=O)c1=O. The van der Waals surface area contributed by atoms with Gasteiger partial charge in [0.25, 0.3) is 5.56 Å². The molecule has 0 bridgehead atoms. The molecule has 7 nitrogen and oxygen atoms in total. The summed E-state index contributed by atoms with van der Waals surface area (Å²) in [7, 11) is -2.23. The van der Waals surface area contributed by atoms with Crippen LogP contribution < -0.4 is 17.0 Å². The van der Waals surface area contributed by atoms with E-state index in [4.69, 9.17) is 16.2 Å². The molecule has 1 rings (SSSR count). The quantitative estimate of drug-likeness (QED) is 0.436. The Balaban J connectivity index is 2.85. The molecule has 4 N–H and O–H groups in total.